The number of hydrogen-bond donors (Lipinski definition) is 3. The van der Waals surface area contributed by atoms with Crippen LogP contribution in [0.25, 0.3) is 0 Å². The van der Waals surface area contributed by atoms with Crippen LogP contribution in [0.2, 0.25) is 0 Å². The second-order valence-corrected chi connectivity index (χ2v) is 10.9. The molecule has 0 aromatic rings. The number of nitrogens with one attached hydrogen (secondary N) is 2. The van der Waals surface area contributed by atoms with Gasteiger partial charge < -0.3 is 15.7 Å². The highest BCUT2D eigenvalue weighted by Gasteiger charge is 2.26. The lowest BCUT2D eigenvalue weighted by Crippen LogP contribution is -2.49. The molecule has 2 aliphatic rings. The molecule has 0 aromatic carbocycles. The van der Waals surface area contributed by atoms with Gasteiger partial charge in [0.05, 0.1) is 6.61 Å². The molecule has 1 saturated carbocycles. The van der Waals surface area contributed by atoms with Crippen molar-refractivity contribution in [2.45, 2.75) is 92.0 Å². The van der Waals surface area contributed by atoms with Crippen LogP contribution in [0.4, 0.5) is 0 Å². The highest BCUT2D eigenvalue weighted by atomic mass is 16.3. The number of hydrogen-bond acceptors (Lipinski definition) is 3. The Bertz CT molecular complexity index is 883. The van der Waals surface area contributed by atoms with Crippen LogP contribution in [0.1, 0.15) is 86.0 Å². The number of aliphatic hydroxyl groups is 1. The fourth-order valence-corrected chi connectivity index (χ4v) is 5.05. The van der Waals surface area contributed by atoms with Gasteiger partial charge in [0.2, 0.25) is 11.8 Å². The normalized spacial score (nSPS) is 21.0. The van der Waals surface area contributed by atoms with Crippen molar-refractivity contribution in [1.29, 1.82) is 0 Å². The summed E-state index contributed by atoms with van der Waals surface area (Å²) in [4.78, 5) is 24.7. The Kier molecular flexibility index (Phi) is 11.7. The third kappa shape index (κ3) is 10.0. The monoisotopic (exact) mass is 482 g/mol. The van der Waals surface area contributed by atoms with Crippen molar-refractivity contribution < 1.29 is 14.7 Å². The second kappa shape index (κ2) is 14.2. The Morgan fingerprint density at radius 3 is 2.46 bits per heavy atom. The summed E-state index contributed by atoms with van der Waals surface area (Å²) in [5.41, 5.74) is 5.04. The minimum Gasteiger partial charge on any atom is -0.394 e. The average molecular weight is 483 g/mol. The van der Waals surface area contributed by atoms with Gasteiger partial charge in [-0.05, 0) is 75.4 Å². The maximum Gasteiger partial charge on any atom is 0.244 e. The largest absolute Gasteiger partial charge is 0.394 e. The SMILES string of the molecule is CC(C=CC1=C(C)CCCC1(C)C)=CC=CC(C)=CC(=O)NC(CO)C(=O)NCC1CCCCC1. The van der Waals surface area contributed by atoms with Gasteiger partial charge in [-0.2, -0.15) is 0 Å². The fraction of sp³-hybridized carbons (Fsp3) is 0.600. The van der Waals surface area contributed by atoms with E-state index in [9.17, 15) is 14.7 Å². The molecule has 194 valence electrons. The van der Waals surface area contributed by atoms with Gasteiger partial charge in [-0.25, -0.2) is 0 Å². The van der Waals surface area contributed by atoms with Crippen LogP contribution < -0.4 is 10.6 Å². The number of carbonyl (C=O) groups is 2. The molecule has 5 nitrogen and oxygen atoms in total. The Morgan fingerprint density at radius 1 is 1.09 bits per heavy atom. The molecule has 2 rings (SSSR count). The lowest BCUT2D eigenvalue weighted by atomic mass is 9.72. The molecule has 0 bridgehead atoms. The molecule has 1 unspecified atom stereocenters. The molecule has 5 heteroatoms. The van der Waals surface area contributed by atoms with Crippen LogP contribution in [-0.4, -0.2) is 36.1 Å². The summed E-state index contributed by atoms with van der Waals surface area (Å²) in [7, 11) is 0. The van der Waals surface area contributed by atoms with Crippen LogP contribution in [0.3, 0.4) is 0 Å². The van der Waals surface area contributed by atoms with E-state index < -0.39 is 12.6 Å². The minimum atomic E-state index is -0.937. The van der Waals surface area contributed by atoms with E-state index in [4.69, 9.17) is 0 Å². The summed E-state index contributed by atoms with van der Waals surface area (Å²) in [6.45, 7) is 11.0. The van der Waals surface area contributed by atoms with Gasteiger partial charge in [0.1, 0.15) is 6.04 Å². The summed E-state index contributed by atoms with van der Waals surface area (Å²) in [5, 5.41) is 15.1. The molecule has 3 N–H and O–H groups in total. The van der Waals surface area contributed by atoms with E-state index in [1.807, 2.05) is 25.2 Å². The molecule has 1 atom stereocenters. The van der Waals surface area contributed by atoms with E-state index in [0.29, 0.717) is 12.5 Å². The highest BCUT2D eigenvalue weighted by Crippen LogP contribution is 2.40. The molecule has 0 heterocycles. The fourth-order valence-electron chi connectivity index (χ4n) is 5.05. The summed E-state index contributed by atoms with van der Waals surface area (Å²) >= 11 is 0. The van der Waals surface area contributed by atoms with Gasteiger partial charge in [-0.15, -0.1) is 0 Å². The number of carbonyl (C=O) groups excluding carboxylic acids is 2. The van der Waals surface area contributed by atoms with Gasteiger partial charge in [-0.3, -0.25) is 9.59 Å². The van der Waals surface area contributed by atoms with Crippen molar-refractivity contribution in [3.63, 3.8) is 0 Å². The zero-order chi connectivity index (χ0) is 25.8. The van der Waals surface area contributed by atoms with Gasteiger partial charge in [0.25, 0.3) is 0 Å². The number of aliphatic hydroxyl groups excluding tert-OH is 1. The highest BCUT2D eigenvalue weighted by molar-refractivity contribution is 5.93. The van der Waals surface area contributed by atoms with Gasteiger partial charge >= 0.3 is 0 Å². The first kappa shape index (κ1) is 28.8. The topological polar surface area (TPSA) is 78.4 Å². The van der Waals surface area contributed by atoms with Crippen molar-refractivity contribution in [2.24, 2.45) is 11.3 Å². The lowest BCUT2D eigenvalue weighted by molar-refractivity contribution is -0.128. The quantitative estimate of drug-likeness (QED) is 0.276. The summed E-state index contributed by atoms with van der Waals surface area (Å²) < 4.78 is 0. The second-order valence-electron chi connectivity index (χ2n) is 10.9. The smallest absolute Gasteiger partial charge is 0.244 e. The van der Waals surface area contributed by atoms with E-state index in [-0.39, 0.29) is 17.2 Å². The first-order chi connectivity index (χ1) is 16.6. The zero-order valence-electron chi connectivity index (χ0n) is 22.5. The zero-order valence-corrected chi connectivity index (χ0v) is 22.5. The molecule has 0 aliphatic heterocycles. The van der Waals surface area contributed by atoms with Crippen molar-refractivity contribution in [3.8, 4) is 0 Å². The van der Waals surface area contributed by atoms with Crippen molar-refractivity contribution >= 4 is 11.8 Å². The summed E-state index contributed by atoms with van der Waals surface area (Å²) in [5.74, 6) is -0.220. The predicted molar refractivity (Wildman–Crippen MR) is 145 cm³/mol. The maximum atomic E-state index is 12.4. The molecule has 0 radical (unpaired) electrons. The van der Waals surface area contributed by atoms with Crippen LogP contribution in [0.5, 0.6) is 0 Å². The third-order valence-electron chi connectivity index (χ3n) is 7.24. The molecule has 0 aromatic heterocycles. The van der Waals surface area contributed by atoms with E-state index >= 15 is 0 Å². The van der Waals surface area contributed by atoms with Crippen LogP contribution in [0.15, 0.2) is 58.7 Å². The first-order valence-electron chi connectivity index (χ1n) is 13.2. The van der Waals surface area contributed by atoms with E-state index in [1.165, 1.54) is 55.7 Å². The van der Waals surface area contributed by atoms with Crippen molar-refractivity contribution in [1.82, 2.24) is 10.6 Å². The number of allylic oxidation sites excluding steroid dienone is 9. The average Bonchev–Trinajstić information content (AvgIpc) is 2.80. The van der Waals surface area contributed by atoms with Crippen molar-refractivity contribution in [2.75, 3.05) is 13.2 Å². The molecule has 0 saturated heterocycles. The molecule has 2 amide bonds. The number of rotatable bonds is 10. The first-order valence-corrected chi connectivity index (χ1v) is 13.2. The maximum absolute atomic E-state index is 12.4. The molecule has 0 spiro atoms. The number of amides is 2. The Balaban J connectivity index is 1.86. The summed E-state index contributed by atoms with van der Waals surface area (Å²) in [6, 6.07) is -0.937. The van der Waals surface area contributed by atoms with E-state index in [2.05, 4.69) is 50.5 Å². The molecular weight excluding hydrogens is 436 g/mol. The lowest BCUT2D eigenvalue weighted by Gasteiger charge is -2.32. The van der Waals surface area contributed by atoms with Crippen LogP contribution in [0, 0.1) is 11.3 Å². The Labute approximate surface area is 212 Å². The van der Waals surface area contributed by atoms with Crippen LogP contribution in [-0.2, 0) is 9.59 Å². The standard InChI is InChI=1S/C30H46N2O3/c1-22(16-17-26-24(3)13-10-18-30(26,4)5)11-9-12-23(2)19-28(34)32-27(21-33)29(35)31-20-25-14-7-6-8-15-25/h9,11-12,16-17,19,25,27,33H,6-8,10,13-15,18,20-21H2,1-5H3,(H,31,35)(H,32,34). The molecule has 35 heavy (non-hydrogen) atoms. The van der Waals surface area contributed by atoms with E-state index in [0.717, 1.165) is 24.0 Å². The van der Waals surface area contributed by atoms with Gasteiger partial charge in [0, 0.05) is 12.6 Å². The summed E-state index contributed by atoms with van der Waals surface area (Å²) in [6.07, 6.45) is 21.3. The van der Waals surface area contributed by atoms with Gasteiger partial charge in [-0.1, -0.05) is 74.6 Å². The van der Waals surface area contributed by atoms with E-state index in [1.54, 1.807) is 0 Å². The molecular formula is C30H46N2O3. The third-order valence-corrected chi connectivity index (χ3v) is 7.24. The molecule has 1 fully saturated rings. The van der Waals surface area contributed by atoms with Crippen molar-refractivity contribution in [3.05, 3.63) is 58.7 Å². The van der Waals surface area contributed by atoms with Crippen LogP contribution >= 0.6 is 0 Å². The Morgan fingerprint density at radius 2 is 1.80 bits per heavy atom. The Hall–Kier alpha value is -2.40. The molecule has 2 aliphatic carbocycles. The van der Waals surface area contributed by atoms with Gasteiger partial charge in [0.15, 0.2) is 0 Å². The minimum absolute atomic E-state index is 0.223. The predicted octanol–water partition coefficient (Wildman–Crippen LogP) is 5.69.